The van der Waals surface area contributed by atoms with Gasteiger partial charge in [0.15, 0.2) is 0 Å². The third-order valence-corrected chi connectivity index (χ3v) is 4.73. The van der Waals surface area contributed by atoms with Crippen molar-refractivity contribution in [3.05, 3.63) is 102 Å². The summed E-state index contributed by atoms with van der Waals surface area (Å²) in [5, 5.41) is 19.8. The van der Waals surface area contributed by atoms with Gasteiger partial charge in [-0.3, -0.25) is 0 Å². The second-order valence-corrected chi connectivity index (χ2v) is 6.58. The minimum atomic E-state index is -0.642. The van der Waals surface area contributed by atoms with Gasteiger partial charge in [-0.25, -0.2) is 4.98 Å². The Balaban J connectivity index is 1.78. The summed E-state index contributed by atoms with van der Waals surface area (Å²) >= 11 is 0. The van der Waals surface area contributed by atoms with E-state index in [1.807, 2.05) is 77.4 Å². The normalized spacial score (nSPS) is 11.7. The molecule has 0 aliphatic carbocycles. The number of rotatable bonds is 5. The van der Waals surface area contributed by atoms with Crippen LogP contribution in [0, 0.1) is 11.3 Å². The van der Waals surface area contributed by atoms with Crippen molar-refractivity contribution in [1.29, 1.82) is 5.26 Å². The maximum atomic E-state index is 10.7. The molecule has 136 valence electrons. The van der Waals surface area contributed by atoms with Crippen molar-refractivity contribution in [2.75, 3.05) is 0 Å². The minimum Gasteiger partial charge on any atom is -0.387 e. The Morgan fingerprint density at radius 2 is 1.50 bits per heavy atom. The molecular weight excluding hydrogens is 346 g/mol. The van der Waals surface area contributed by atoms with Crippen LogP contribution in [0.5, 0.6) is 0 Å². The molecule has 0 saturated heterocycles. The smallest absolute Gasteiger partial charge is 0.0991 e. The molecular formula is C24H19N3O. The lowest BCUT2D eigenvalue weighted by Crippen LogP contribution is -2.09. The van der Waals surface area contributed by atoms with Crippen molar-refractivity contribution in [2.24, 2.45) is 0 Å². The van der Waals surface area contributed by atoms with E-state index in [0.717, 1.165) is 28.1 Å². The van der Waals surface area contributed by atoms with Gasteiger partial charge in [-0.15, -0.1) is 0 Å². The molecule has 0 spiro atoms. The van der Waals surface area contributed by atoms with E-state index < -0.39 is 6.10 Å². The van der Waals surface area contributed by atoms with E-state index in [4.69, 9.17) is 5.26 Å². The lowest BCUT2D eigenvalue weighted by atomic mass is 10.0. The Bertz CT molecular complexity index is 1090. The molecule has 1 N–H and O–H groups in total. The molecule has 3 aromatic carbocycles. The van der Waals surface area contributed by atoms with E-state index in [1.54, 1.807) is 18.5 Å². The quantitative estimate of drug-likeness (QED) is 0.551. The molecule has 4 aromatic rings. The van der Waals surface area contributed by atoms with Crippen LogP contribution in [-0.4, -0.2) is 14.7 Å². The fraction of sp³-hybridized carbons (Fsp3) is 0.0833. The molecule has 0 aliphatic heterocycles. The fourth-order valence-electron chi connectivity index (χ4n) is 3.30. The Labute approximate surface area is 164 Å². The highest BCUT2D eigenvalue weighted by atomic mass is 16.3. The highest BCUT2D eigenvalue weighted by Crippen LogP contribution is 2.32. The molecule has 0 saturated carbocycles. The highest BCUT2D eigenvalue weighted by Gasteiger charge is 2.17. The summed E-state index contributed by atoms with van der Waals surface area (Å²) in [4.78, 5) is 4.64. The number of nitriles is 1. The van der Waals surface area contributed by atoms with Crippen LogP contribution in [0.4, 0.5) is 0 Å². The number of aliphatic hydroxyl groups excluding tert-OH is 1. The molecule has 0 bridgehead atoms. The molecule has 0 unspecified atom stereocenters. The second kappa shape index (κ2) is 7.91. The zero-order valence-corrected chi connectivity index (χ0v) is 15.2. The van der Waals surface area contributed by atoms with Crippen molar-refractivity contribution in [3.63, 3.8) is 0 Å². The summed E-state index contributed by atoms with van der Waals surface area (Å²) in [6, 6.07) is 29.2. The maximum Gasteiger partial charge on any atom is 0.0991 e. The number of hydrogen-bond acceptors (Lipinski definition) is 3. The van der Waals surface area contributed by atoms with E-state index >= 15 is 0 Å². The van der Waals surface area contributed by atoms with Crippen LogP contribution in [0.15, 0.2) is 91.3 Å². The predicted molar refractivity (Wildman–Crippen MR) is 109 cm³/mol. The standard InChI is InChI=1S/C24H19N3O/c25-15-18-11-13-21(14-12-18)24-23(20-9-5-2-6-10-20)26-17-27(24)16-22(28)19-7-3-1-4-8-19/h1-14,17,22,28H,16H2/t22-/m1/s1. The summed E-state index contributed by atoms with van der Waals surface area (Å²) in [6.07, 6.45) is 1.12. The summed E-state index contributed by atoms with van der Waals surface area (Å²) in [5.41, 5.74) is 5.21. The number of nitrogens with zero attached hydrogens (tertiary/aromatic N) is 3. The first-order chi connectivity index (χ1) is 13.8. The zero-order valence-electron chi connectivity index (χ0n) is 15.2. The molecule has 1 aromatic heterocycles. The Morgan fingerprint density at radius 1 is 0.857 bits per heavy atom. The average molecular weight is 365 g/mol. The maximum absolute atomic E-state index is 10.7. The molecule has 0 amide bonds. The third-order valence-electron chi connectivity index (χ3n) is 4.73. The molecule has 1 heterocycles. The third kappa shape index (κ3) is 3.57. The SMILES string of the molecule is N#Cc1ccc(-c2c(-c3ccccc3)ncn2C[C@@H](O)c2ccccc2)cc1. The summed E-state index contributed by atoms with van der Waals surface area (Å²) < 4.78 is 1.97. The summed E-state index contributed by atoms with van der Waals surface area (Å²) in [6.45, 7) is 0.388. The van der Waals surface area contributed by atoms with Gasteiger partial charge >= 0.3 is 0 Å². The minimum absolute atomic E-state index is 0.388. The fourth-order valence-corrected chi connectivity index (χ4v) is 3.30. The Hall–Kier alpha value is -3.68. The summed E-state index contributed by atoms with van der Waals surface area (Å²) in [7, 11) is 0. The van der Waals surface area contributed by atoms with Crippen LogP contribution >= 0.6 is 0 Å². The average Bonchev–Trinajstić information content (AvgIpc) is 3.18. The van der Waals surface area contributed by atoms with Crippen LogP contribution in [0.3, 0.4) is 0 Å². The summed E-state index contributed by atoms with van der Waals surface area (Å²) in [5.74, 6) is 0. The van der Waals surface area contributed by atoms with Gasteiger partial charge in [-0.05, 0) is 17.7 Å². The van der Waals surface area contributed by atoms with Gasteiger partial charge in [0, 0.05) is 11.1 Å². The van der Waals surface area contributed by atoms with Crippen LogP contribution in [0.1, 0.15) is 17.2 Å². The number of benzene rings is 3. The molecule has 1 atom stereocenters. The van der Waals surface area contributed by atoms with Gasteiger partial charge in [0.1, 0.15) is 0 Å². The first kappa shape index (κ1) is 17.7. The Morgan fingerprint density at radius 3 is 2.14 bits per heavy atom. The second-order valence-electron chi connectivity index (χ2n) is 6.58. The van der Waals surface area contributed by atoms with Crippen LogP contribution in [-0.2, 0) is 6.54 Å². The molecule has 0 aliphatic rings. The van der Waals surface area contributed by atoms with E-state index in [0.29, 0.717) is 12.1 Å². The van der Waals surface area contributed by atoms with E-state index in [-0.39, 0.29) is 0 Å². The Kier molecular flexibility index (Phi) is 5.01. The first-order valence-corrected chi connectivity index (χ1v) is 9.10. The monoisotopic (exact) mass is 365 g/mol. The van der Waals surface area contributed by atoms with E-state index in [2.05, 4.69) is 11.1 Å². The number of imidazole rings is 1. The largest absolute Gasteiger partial charge is 0.387 e. The molecule has 4 rings (SSSR count). The topological polar surface area (TPSA) is 61.8 Å². The molecule has 0 radical (unpaired) electrons. The molecule has 28 heavy (non-hydrogen) atoms. The molecule has 0 fully saturated rings. The van der Waals surface area contributed by atoms with Crippen molar-refractivity contribution in [2.45, 2.75) is 12.6 Å². The molecule has 4 heteroatoms. The van der Waals surface area contributed by atoms with Gasteiger partial charge < -0.3 is 9.67 Å². The number of hydrogen-bond donors (Lipinski definition) is 1. The van der Waals surface area contributed by atoms with Gasteiger partial charge in [-0.1, -0.05) is 72.8 Å². The van der Waals surface area contributed by atoms with Crippen LogP contribution in [0.2, 0.25) is 0 Å². The highest BCUT2D eigenvalue weighted by molar-refractivity contribution is 5.78. The zero-order chi connectivity index (χ0) is 19.3. The first-order valence-electron chi connectivity index (χ1n) is 9.10. The van der Waals surface area contributed by atoms with E-state index in [1.165, 1.54) is 0 Å². The van der Waals surface area contributed by atoms with Crippen LogP contribution < -0.4 is 0 Å². The lowest BCUT2D eigenvalue weighted by Gasteiger charge is -2.15. The van der Waals surface area contributed by atoms with Crippen molar-refractivity contribution in [3.8, 4) is 28.6 Å². The number of aromatic nitrogens is 2. The van der Waals surface area contributed by atoms with Crippen molar-refractivity contribution < 1.29 is 5.11 Å². The molecule has 4 nitrogen and oxygen atoms in total. The van der Waals surface area contributed by atoms with Gasteiger partial charge in [0.05, 0.1) is 42.0 Å². The van der Waals surface area contributed by atoms with Crippen LogP contribution in [0.25, 0.3) is 22.5 Å². The van der Waals surface area contributed by atoms with Gasteiger partial charge in [0.2, 0.25) is 0 Å². The van der Waals surface area contributed by atoms with Crippen molar-refractivity contribution >= 4 is 0 Å². The lowest BCUT2D eigenvalue weighted by molar-refractivity contribution is 0.157. The predicted octanol–water partition coefficient (Wildman–Crippen LogP) is 4.82. The van der Waals surface area contributed by atoms with Crippen molar-refractivity contribution in [1.82, 2.24) is 9.55 Å². The number of aliphatic hydroxyl groups is 1. The van der Waals surface area contributed by atoms with Gasteiger partial charge in [-0.2, -0.15) is 5.26 Å². The van der Waals surface area contributed by atoms with Gasteiger partial charge in [0.25, 0.3) is 0 Å². The van der Waals surface area contributed by atoms with E-state index in [9.17, 15) is 5.11 Å².